The van der Waals surface area contributed by atoms with E-state index < -0.39 is 22.1 Å². The average Bonchev–Trinajstić information content (AvgIpc) is 2.33. The highest BCUT2D eigenvalue weighted by atomic mass is 32.2. The summed E-state index contributed by atoms with van der Waals surface area (Å²) >= 11 is 0. The number of quaternary nitrogens is 1. The molecule has 1 aliphatic rings. The highest BCUT2D eigenvalue weighted by molar-refractivity contribution is 7.89. The van der Waals surface area contributed by atoms with E-state index in [1.807, 2.05) is 0 Å². The van der Waals surface area contributed by atoms with Crippen molar-refractivity contribution >= 4 is 16.6 Å². The Balaban J connectivity index is 2.35. The molecule has 0 bridgehead atoms. The molecule has 0 amide bonds. The topological polar surface area (TPSA) is 60.2 Å². The SMILES string of the molecule is C[N+](C)(C)CCCC[C@H](N)C(=O)C1C=CC=CS1=O. The molecule has 2 unspecified atom stereocenters. The summed E-state index contributed by atoms with van der Waals surface area (Å²) in [5.41, 5.74) is 5.91. The molecule has 0 fully saturated rings. The largest absolute Gasteiger partial charge is 0.331 e. The van der Waals surface area contributed by atoms with Crippen LogP contribution < -0.4 is 5.73 Å². The Hall–Kier alpha value is -0.780. The van der Waals surface area contributed by atoms with Gasteiger partial charge in [0.2, 0.25) is 0 Å². The van der Waals surface area contributed by atoms with Crippen LogP contribution in [0.2, 0.25) is 0 Å². The molecule has 0 aromatic heterocycles. The van der Waals surface area contributed by atoms with E-state index in [4.69, 9.17) is 5.73 Å². The third kappa shape index (κ3) is 5.80. The Bertz CT molecular complexity index is 397. The Morgan fingerprint density at radius 1 is 1.32 bits per heavy atom. The molecule has 2 N–H and O–H groups in total. The number of ketones is 1. The molecule has 0 saturated heterocycles. The van der Waals surface area contributed by atoms with Crippen molar-refractivity contribution in [1.29, 1.82) is 0 Å². The van der Waals surface area contributed by atoms with Crippen LogP contribution in [-0.2, 0) is 15.6 Å². The van der Waals surface area contributed by atoms with Crippen molar-refractivity contribution in [1.82, 2.24) is 0 Å². The lowest BCUT2D eigenvalue weighted by Gasteiger charge is -2.24. The van der Waals surface area contributed by atoms with E-state index in [0.717, 1.165) is 23.9 Å². The molecule has 1 heterocycles. The van der Waals surface area contributed by atoms with Crippen LogP contribution in [0.4, 0.5) is 0 Å². The summed E-state index contributed by atoms with van der Waals surface area (Å²) < 4.78 is 12.6. The van der Waals surface area contributed by atoms with E-state index in [1.54, 1.807) is 23.6 Å². The summed E-state index contributed by atoms with van der Waals surface area (Å²) in [4.78, 5) is 12.1. The zero-order valence-electron chi connectivity index (χ0n) is 12.0. The van der Waals surface area contributed by atoms with Gasteiger partial charge in [0.1, 0.15) is 5.25 Å². The lowest BCUT2D eigenvalue weighted by atomic mass is 10.0. The second-order valence-corrected chi connectivity index (χ2v) is 7.42. The van der Waals surface area contributed by atoms with Crippen LogP contribution in [0.15, 0.2) is 23.6 Å². The first-order valence-electron chi connectivity index (χ1n) is 6.65. The van der Waals surface area contributed by atoms with Gasteiger partial charge >= 0.3 is 0 Å². The fraction of sp³-hybridized carbons (Fsp3) is 0.643. The first kappa shape index (κ1) is 16.3. The maximum Gasteiger partial charge on any atom is 0.169 e. The van der Waals surface area contributed by atoms with Crippen molar-refractivity contribution in [2.45, 2.75) is 30.6 Å². The van der Waals surface area contributed by atoms with Crippen LogP contribution in [0.25, 0.3) is 0 Å². The predicted octanol–water partition coefficient (Wildman–Crippen LogP) is 0.960. The van der Waals surface area contributed by atoms with E-state index in [2.05, 4.69) is 21.1 Å². The summed E-state index contributed by atoms with van der Waals surface area (Å²) in [6, 6.07) is -0.502. The van der Waals surface area contributed by atoms with Gasteiger partial charge in [0.05, 0.1) is 44.5 Å². The number of hydrogen-bond donors (Lipinski definition) is 1. The quantitative estimate of drug-likeness (QED) is 0.560. The van der Waals surface area contributed by atoms with Gasteiger partial charge in [-0.05, 0) is 19.3 Å². The van der Waals surface area contributed by atoms with E-state index in [9.17, 15) is 9.00 Å². The number of carbonyl (C=O) groups excluding carboxylic acids is 1. The number of nitrogens with zero attached hydrogens (tertiary/aromatic N) is 1. The summed E-state index contributed by atoms with van der Waals surface area (Å²) in [7, 11) is 5.19. The van der Waals surface area contributed by atoms with Gasteiger partial charge in [-0.25, -0.2) is 0 Å². The maximum absolute atomic E-state index is 12.1. The second kappa shape index (κ2) is 7.12. The van der Waals surface area contributed by atoms with Crippen molar-refractivity contribution in [2.75, 3.05) is 27.7 Å². The van der Waals surface area contributed by atoms with E-state index in [1.165, 1.54) is 0 Å². The molecular formula is C14H25N2O2S+. The number of allylic oxidation sites excluding steroid dienone is 2. The predicted molar refractivity (Wildman–Crippen MR) is 79.9 cm³/mol. The van der Waals surface area contributed by atoms with Crippen molar-refractivity contribution in [3.8, 4) is 0 Å². The normalized spacial score (nSPS) is 24.4. The molecule has 0 aliphatic carbocycles. The average molecular weight is 285 g/mol. The molecule has 1 rings (SSSR count). The molecule has 0 radical (unpaired) electrons. The number of unbranched alkanes of at least 4 members (excludes halogenated alkanes) is 1. The molecule has 1 aliphatic heterocycles. The molecule has 0 aromatic rings. The van der Waals surface area contributed by atoms with Gasteiger partial charge < -0.3 is 10.2 Å². The minimum absolute atomic E-state index is 0.107. The van der Waals surface area contributed by atoms with E-state index >= 15 is 0 Å². The second-order valence-electron chi connectivity index (χ2n) is 5.98. The fourth-order valence-corrected chi connectivity index (χ4v) is 3.03. The van der Waals surface area contributed by atoms with Crippen LogP contribution in [-0.4, -0.2) is 53.5 Å². The standard InChI is InChI=1S/C14H25N2O2S/c1-16(2,3)10-6-4-8-12(15)14(17)13-9-5-7-11-19(13)18/h5,7,9,11-13H,4,6,8,10,15H2,1-3H3/q+1/t12-,13?,19?/m0/s1. The van der Waals surface area contributed by atoms with Gasteiger partial charge in [-0.2, -0.15) is 0 Å². The first-order chi connectivity index (χ1) is 8.81. The first-order valence-corrected chi connectivity index (χ1v) is 7.93. The van der Waals surface area contributed by atoms with Gasteiger partial charge in [0.15, 0.2) is 5.78 Å². The Morgan fingerprint density at radius 3 is 2.58 bits per heavy atom. The smallest absolute Gasteiger partial charge is 0.169 e. The molecular weight excluding hydrogens is 260 g/mol. The molecule has 108 valence electrons. The number of rotatable bonds is 7. The van der Waals surface area contributed by atoms with Crippen LogP contribution in [0, 0.1) is 0 Å². The highest BCUT2D eigenvalue weighted by Crippen LogP contribution is 2.12. The lowest BCUT2D eigenvalue weighted by Crippen LogP contribution is -2.40. The maximum atomic E-state index is 12.1. The van der Waals surface area contributed by atoms with Gasteiger partial charge in [0, 0.05) is 5.41 Å². The third-order valence-electron chi connectivity index (χ3n) is 3.10. The Morgan fingerprint density at radius 2 is 2.00 bits per heavy atom. The zero-order valence-corrected chi connectivity index (χ0v) is 12.9. The van der Waals surface area contributed by atoms with Crippen LogP contribution in [0.3, 0.4) is 0 Å². The van der Waals surface area contributed by atoms with Crippen molar-refractivity contribution < 1.29 is 13.5 Å². The molecule has 19 heavy (non-hydrogen) atoms. The number of nitrogens with two attached hydrogens (primary N) is 1. The van der Waals surface area contributed by atoms with Crippen molar-refractivity contribution in [2.24, 2.45) is 5.73 Å². The van der Waals surface area contributed by atoms with Gasteiger partial charge in [-0.3, -0.25) is 9.00 Å². The highest BCUT2D eigenvalue weighted by Gasteiger charge is 2.26. The summed E-state index contributed by atoms with van der Waals surface area (Å²) in [5, 5.41) is 0.991. The molecule has 0 spiro atoms. The number of carbonyl (C=O) groups is 1. The molecule has 3 atom stereocenters. The summed E-state index contributed by atoms with van der Waals surface area (Å²) in [6.07, 6.45) is 7.80. The van der Waals surface area contributed by atoms with E-state index in [0.29, 0.717) is 6.42 Å². The molecule has 0 saturated carbocycles. The van der Waals surface area contributed by atoms with Gasteiger partial charge in [-0.15, -0.1) is 0 Å². The number of Topliss-reactive ketones (excluding diaryl/α,β-unsaturated/α-hetero) is 1. The van der Waals surface area contributed by atoms with Crippen molar-refractivity contribution in [3.63, 3.8) is 0 Å². The van der Waals surface area contributed by atoms with Gasteiger partial charge in [0.25, 0.3) is 0 Å². The van der Waals surface area contributed by atoms with E-state index in [-0.39, 0.29) is 5.78 Å². The monoisotopic (exact) mass is 285 g/mol. The minimum Gasteiger partial charge on any atom is -0.331 e. The zero-order chi connectivity index (χ0) is 14.5. The molecule has 4 nitrogen and oxygen atoms in total. The Labute approximate surface area is 118 Å². The van der Waals surface area contributed by atoms with Crippen molar-refractivity contribution in [3.05, 3.63) is 23.6 Å². The van der Waals surface area contributed by atoms with Crippen LogP contribution in [0.1, 0.15) is 19.3 Å². The Kier molecular flexibility index (Phi) is 6.10. The summed E-state index contributed by atoms with van der Waals surface area (Å²) in [6.45, 7) is 1.07. The van der Waals surface area contributed by atoms with Crippen LogP contribution in [0.5, 0.6) is 0 Å². The number of hydrogen-bond acceptors (Lipinski definition) is 3. The van der Waals surface area contributed by atoms with Crippen LogP contribution >= 0.6 is 0 Å². The third-order valence-corrected chi connectivity index (χ3v) is 4.42. The summed E-state index contributed by atoms with van der Waals surface area (Å²) in [5.74, 6) is -0.107. The lowest BCUT2D eigenvalue weighted by molar-refractivity contribution is -0.870. The molecule has 0 aromatic carbocycles. The fourth-order valence-electron chi connectivity index (χ4n) is 1.96. The minimum atomic E-state index is -1.25. The molecule has 5 heteroatoms. The van der Waals surface area contributed by atoms with Gasteiger partial charge in [-0.1, -0.05) is 18.2 Å².